The molecule has 3 rings (SSSR count). The summed E-state index contributed by atoms with van der Waals surface area (Å²) in [4.78, 5) is -0.0981. The molecule has 6 nitrogen and oxygen atoms in total. The van der Waals surface area contributed by atoms with E-state index in [4.69, 9.17) is 0 Å². The molecule has 0 atom stereocenters. The number of anilines is 2. The molecule has 0 aliphatic carbocycles. The topological polar surface area (TPSA) is 92.3 Å². The zero-order valence-corrected chi connectivity index (χ0v) is 17.5. The minimum Gasteiger partial charge on any atom is -0.280 e. The van der Waals surface area contributed by atoms with Crippen LogP contribution in [-0.4, -0.2) is 16.8 Å². The Balaban J connectivity index is 1.83. The van der Waals surface area contributed by atoms with Crippen LogP contribution in [0, 0.1) is 12.7 Å². The summed E-state index contributed by atoms with van der Waals surface area (Å²) in [5.41, 5.74) is 1.41. The molecule has 0 radical (unpaired) electrons. The molecule has 30 heavy (non-hydrogen) atoms. The van der Waals surface area contributed by atoms with E-state index in [2.05, 4.69) is 9.44 Å². The van der Waals surface area contributed by atoms with Crippen LogP contribution in [0.4, 0.5) is 15.8 Å². The van der Waals surface area contributed by atoms with Gasteiger partial charge in [0.1, 0.15) is 5.82 Å². The van der Waals surface area contributed by atoms with Gasteiger partial charge in [-0.2, -0.15) is 0 Å². The number of rotatable bonds is 7. The van der Waals surface area contributed by atoms with Gasteiger partial charge in [0.25, 0.3) is 20.0 Å². The maximum Gasteiger partial charge on any atom is 0.262 e. The van der Waals surface area contributed by atoms with Crippen molar-refractivity contribution in [2.75, 3.05) is 9.44 Å². The molecule has 0 aliphatic heterocycles. The number of halogens is 1. The molecule has 0 saturated carbocycles. The first kappa shape index (κ1) is 21.5. The van der Waals surface area contributed by atoms with Gasteiger partial charge in [0.05, 0.1) is 16.0 Å². The summed E-state index contributed by atoms with van der Waals surface area (Å²) in [6.07, 6.45) is 1.43. The zero-order chi connectivity index (χ0) is 21.8. The molecular formula is C21H19FN2O4S2. The molecule has 0 spiro atoms. The standard InChI is InChI=1S/C21H19FN2O4S2/c1-16-7-10-20(23-29(25,26)14-13-17-5-3-2-4-6-17)15-21(16)30(27,28)24-19-11-8-18(22)9-12-19/h2-15,23-24H,1H3/b14-13+. The number of aryl methyl sites for hydroxylation is 1. The summed E-state index contributed by atoms with van der Waals surface area (Å²) in [6.45, 7) is 1.59. The van der Waals surface area contributed by atoms with Crippen LogP contribution in [0.15, 0.2) is 83.1 Å². The van der Waals surface area contributed by atoms with Crippen molar-refractivity contribution in [2.45, 2.75) is 11.8 Å². The summed E-state index contributed by atoms with van der Waals surface area (Å²) in [7, 11) is -7.87. The maximum absolute atomic E-state index is 13.0. The number of benzene rings is 3. The second-order valence-corrected chi connectivity index (χ2v) is 9.67. The molecule has 0 heterocycles. The highest BCUT2D eigenvalue weighted by molar-refractivity contribution is 7.95. The Morgan fingerprint density at radius 1 is 0.800 bits per heavy atom. The van der Waals surface area contributed by atoms with E-state index in [0.717, 1.165) is 17.5 Å². The number of sulfonamides is 2. The molecule has 3 aromatic carbocycles. The van der Waals surface area contributed by atoms with Crippen molar-refractivity contribution < 1.29 is 21.2 Å². The smallest absolute Gasteiger partial charge is 0.262 e. The minimum atomic E-state index is -4.02. The third kappa shape index (κ3) is 5.68. The van der Waals surface area contributed by atoms with E-state index in [1.807, 2.05) is 6.07 Å². The van der Waals surface area contributed by atoms with Gasteiger partial charge >= 0.3 is 0 Å². The van der Waals surface area contributed by atoms with E-state index < -0.39 is 25.9 Å². The fourth-order valence-corrected chi connectivity index (χ4v) is 4.80. The molecular weight excluding hydrogens is 427 g/mol. The lowest BCUT2D eigenvalue weighted by atomic mass is 10.2. The summed E-state index contributed by atoms with van der Waals surface area (Å²) < 4.78 is 67.9. The van der Waals surface area contributed by atoms with E-state index >= 15 is 0 Å². The Hall–Kier alpha value is -3.17. The van der Waals surface area contributed by atoms with Crippen molar-refractivity contribution in [1.29, 1.82) is 0 Å². The monoisotopic (exact) mass is 446 g/mol. The fourth-order valence-electron chi connectivity index (χ4n) is 2.61. The van der Waals surface area contributed by atoms with Crippen LogP contribution in [0.3, 0.4) is 0 Å². The van der Waals surface area contributed by atoms with Gasteiger partial charge in [0.15, 0.2) is 0 Å². The summed E-state index contributed by atoms with van der Waals surface area (Å²) >= 11 is 0. The molecule has 3 aromatic rings. The summed E-state index contributed by atoms with van der Waals surface area (Å²) in [5, 5.41) is 1.01. The first-order valence-corrected chi connectivity index (χ1v) is 11.8. The van der Waals surface area contributed by atoms with Crippen LogP contribution in [0.5, 0.6) is 0 Å². The highest BCUT2D eigenvalue weighted by Gasteiger charge is 2.19. The van der Waals surface area contributed by atoms with Gasteiger partial charge in [0, 0.05) is 5.69 Å². The molecule has 0 aliphatic rings. The average molecular weight is 447 g/mol. The SMILES string of the molecule is Cc1ccc(NS(=O)(=O)/C=C/c2ccccc2)cc1S(=O)(=O)Nc1ccc(F)cc1. The van der Waals surface area contributed by atoms with Gasteiger partial charge in [-0.15, -0.1) is 0 Å². The molecule has 0 fully saturated rings. The van der Waals surface area contributed by atoms with Crippen LogP contribution < -0.4 is 9.44 Å². The Labute approximate surface area is 175 Å². The van der Waals surface area contributed by atoms with E-state index in [1.54, 1.807) is 31.2 Å². The first-order chi connectivity index (χ1) is 14.1. The number of hydrogen-bond donors (Lipinski definition) is 2. The van der Waals surface area contributed by atoms with Crippen LogP contribution >= 0.6 is 0 Å². The Bertz CT molecular complexity index is 1270. The largest absolute Gasteiger partial charge is 0.280 e. The lowest BCUT2D eigenvalue weighted by Crippen LogP contribution is -2.15. The van der Waals surface area contributed by atoms with Crippen LogP contribution in [0.25, 0.3) is 6.08 Å². The summed E-state index contributed by atoms with van der Waals surface area (Å²) in [5.74, 6) is -0.492. The van der Waals surface area contributed by atoms with Gasteiger partial charge in [-0.25, -0.2) is 21.2 Å². The van der Waals surface area contributed by atoms with E-state index in [1.165, 1.54) is 36.4 Å². The molecule has 0 aromatic heterocycles. The lowest BCUT2D eigenvalue weighted by Gasteiger charge is -2.12. The van der Waals surface area contributed by atoms with Gasteiger partial charge in [-0.1, -0.05) is 36.4 Å². The van der Waals surface area contributed by atoms with Gasteiger partial charge < -0.3 is 0 Å². The highest BCUT2D eigenvalue weighted by atomic mass is 32.2. The van der Waals surface area contributed by atoms with E-state index in [9.17, 15) is 21.2 Å². The number of hydrogen-bond acceptors (Lipinski definition) is 4. The van der Waals surface area contributed by atoms with Crippen molar-refractivity contribution in [2.24, 2.45) is 0 Å². The van der Waals surface area contributed by atoms with Crippen LogP contribution in [0.1, 0.15) is 11.1 Å². The quantitative estimate of drug-likeness (QED) is 0.564. The Morgan fingerprint density at radius 3 is 2.10 bits per heavy atom. The third-order valence-corrected chi connectivity index (χ3v) is 6.61. The molecule has 0 saturated heterocycles. The van der Waals surface area contributed by atoms with Crippen molar-refractivity contribution in [3.63, 3.8) is 0 Å². The summed E-state index contributed by atoms with van der Waals surface area (Å²) in [6, 6.07) is 17.9. The Morgan fingerprint density at radius 2 is 1.43 bits per heavy atom. The predicted octanol–water partition coefficient (Wildman–Crippen LogP) is 4.35. The zero-order valence-electron chi connectivity index (χ0n) is 15.9. The molecule has 0 unspecified atom stereocenters. The maximum atomic E-state index is 13.0. The van der Waals surface area contributed by atoms with Crippen molar-refractivity contribution in [1.82, 2.24) is 0 Å². The number of nitrogens with one attached hydrogen (secondary N) is 2. The second-order valence-electron chi connectivity index (χ2n) is 6.45. The van der Waals surface area contributed by atoms with Crippen molar-refractivity contribution in [3.05, 3.63) is 95.1 Å². The molecule has 156 valence electrons. The van der Waals surface area contributed by atoms with Crippen molar-refractivity contribution in [3.8, 4) is 0 Å². The lowest BCUT2D eigenvalue weighted by molar-refractivity contribution is 0.599. The fraction of sp³-hybridized carbons (Fsp3) is 0.0476. The molecule has 0 bridgehead atoms. The van der Waals surface area contributed by atoms with Crippen LogP contribution in [-0.2, 0) is 20.0 Å². The molecule has 0 amide bonds. The van der Waals surface area contributed by atoms with E-state index in [0.29, 0.717) is 11.1 Å². The predicted molar refractivity (Wildman–Crippen MR) is 116 cm³/mol. The second kappa shape index (κ2) is 8.68. The third-order valence-electron chi connectivity index (χ3n) is 4.07. The minimum absolute atomic E-state index is 0.0952. The normalized spacial score (nSPS) is 12.1. The molecule has 2 N–H and O–H groups in total. The van der Waals surface area contributed by atoms with Gasteiger partial charge in [-0.05, 0) is 60.5 Å². The van der Waals surface area contributed by atoms with Gasteiger partial charge in [-0.3, -0.25) is 9.44 Å². The van der Waals surface area contributed by atoms with Crippen molar-refractivity contribution >= 4 is 37.5 Å². The average Bonchev–Trinajstić information content (AvgIpc) is 2.70. The highest BCUT2D eigenvalue weighted by Crippen LogP contribution is 2.24. The van der Waals surface area contributed by atoms with E-state index in [-0.39, 0.29) is 16.3 Å². The molecule has 9 heteroatoms. The van der Waals surface area contributed by atoms with Crippen LogP contribution in [0.2, 0.25) is 0 Å². The Kier molecular flexibility index (Phi) is 6.23. The first-order valence-electron chi connectivity index (χ1n) is 8.80. The van der Waals surface area contributed by atoms with Gasteiger partial charge in [0.2, 0.25) is 0 Å².